The van der Waals surface area contributed by atoms with Gasteiger partial charge in [0.25, 0.3) is 5.92 Å². The van der Waals surface area contributed by atoms with E-state index in [2.05, 4.69) is 15.3 Å². The van der Waals surface area contributed by atoms with Crippen molar-refractivity contribution in [2.75, 3.05) is 30.7 Å². The van der Waals surface area contributed by atoms with Crippen LogP contribution in [0.4, 0.5) is 25.3 Å². The van der Waals surface area contributed by atoms with Gasteiger partial charge in [0.2, 0.25) is 5.95 Å². The number of carbonyl (C=O) groups excluding carboxylic acids is 1. The summed E-state index contributed by atoms with van der Waals surface area (Å²) in [4.78, 5) is 20.9. The van der Waals surface area contributed by atoms with E-state index in [1.807, 2.05) is 0 Å². The van der Waals surface area contributed by atoms with Gasteiger partial charge in [-0.1, -0.05) is 0 Å². The summed E-state index contributed by atoms with van der Waals surface area (Å²) in [5, 5.41) is 9.88. The first-order chi connectivity index (χ1) is 12.0. The van der Waals surface area contributed by atoms with Gasteiger partial charge in [-0.25, -0.2) is 18.6 Å². The van der Waals surface area contributed by atoms with Gasteiger partial charge in [-0.05, 0) is 27.2 Å². The zero-order chi connectivity index (χ0) is 19.5. The van der Waals surface area contributed by atoms with Gasteiger partial charge in [0.15, 0.2) is 0 Å². The number of carbonyl (C=O) groups is 1. The highest BCUT2D eigenvalue weighted by Gasteiger charge is 2.46. The summed E-state index contributed by atoms with van der Waals surface area (Å²) in [5.41, 5.74) is 5.27. The van der Waals surface area contributed by atoms with Crippen molar-refractivity contribution in [1.82, 2.24) is 14.9 Å². The number of piperidine rings is 1. The highest BCUT2D eigenvalue weighted by Crippen LogP contribution is 2.33. The minimum absolute atomic E-state index is 0.0570. The summed E-state index contributed by atoms with van der Waals surface area (Å²) in [6.07, 6.45) is 1.75. The molecule has 0 bridgehead atoms. The van der Waals surface area contributed by atoms with Crippen molar-refractivity contribution >= 4 is 24.1 Å². The Hall–Kier alpha value is -2.52. The van der Waals surface area contributed by atoms with E-state index >= 15 is 0 Å². The zero-order valence-electron chi connectivity index (χ0n) is 15.1. The van der Waals surface area contributed by atoms with E-state index < -0.39 is 30.1 Å². The fourth-order valence-corrected chi connectivity index (χ4v) is 2.53. The minimum Gasteiger partial charge on any atom is -0.444 e. The molecule has 0 unspecified atom stereocenters. The third-order valence-electron chi connectivity index (χ3n) is 3.91. The number of nitrogens with zero attached hydrogens (tertiary/aromatic N) is 3. The molecule has 1 saturated heterocycles. The first-order valence-electron chi connectivity index (χ1n) is 8.24. The Morgan fingerprint density at radius 3 is 2.81 bits per heavy atom. The van der Waals surface area contributed by atoms with E-state index in [4.69, 9.17) is 15.9 Å². The Bertz CT molecular complexity index is 677. The topological polar surface area (TPSA) is 117 Å². The van der Waals surface area contributed by atoms with Crippen LogP contribution >= 0.6 is 0 Å². The van der Waals surface area contributed by atoms with Crippen LogP contribution < -0.4 is 11.1 Å². The van der Waals surface area contributed by atoms with Crippen molar-refractivity contribution in [3.05, 3.63) is 11.8 Å². The number of nitrogens with one attached hydrogen (secondary N) is 2. The van der Waals surface area contributed by atoms with Crippen molar-refractivity contribution in [3.8, 4) is 0 Å². The van der Waals surface area contributed by atoms with Crippen LogP contribution in [-0.2, 0) is 4.74 Å². The standard InChI is InChI=1S/C16H24F2N6O2/c1-15(2,3)26-14(25)24-5-4-11(16(17,18)9-24)8-22-13-21-7-10(6-19)12(20)23-13/h6-7,11,19H,4-5,8-9H2,1-3H3,(H3,20,21,22,23)/t11-/m1/s1. The summed E-state index contributed by atoms with van der Waals surface area (Å²) in [5.74, 6) is -3.82. The van der Waals surface area contributed by atoms with E-state index in [1.165, 1.54) is 6.20 Å². The highest BCUT2D eigenvalue weighted by atomic mass is 19.3. The first-order valence-corrected chi connectivity index (χ1v) is 8.24. The molecule has 2 rings (SSSR count). The molecule has 1 aliphatic heterocycles. The number of alkyl halides is 2. The summed E-state index contributed by atoms with van der Waals surface area (Å²) in [7, 11) is 0. The van der Waals surface area contributed by atoms with Crippen molar-refractivity contribution in [1.29, 1.82) is 5.41 Å². The van der Waals surface area contributed by atoms with Gasteiger partial charge in [0.05, 0.1) is 12.1 Å². The lowest BCUT2D eigenvalue weighted by molar-refractivity contribution is -0.106. The Morgan fingerprint density at radius 1 is 1.58 bits per heavy atom. The van der Waals surface area contributed by atoms with E-state index in [0.29, 0.717) is 5.56 Å². The molecule has 1 aromatic heterocycles. The van der Waals surface area contributed by atoms with E-state index in [1.54, 1.807) is 20.8 Å². The molecule has 2 heterocycles. The number of anilines is 2. The largest absolute Gasteiger partial charge is 0.444 e. The SMILES string of the molecule is CC(C)(C)OC(=O)N1CC[C@H](CNc2ncc(C=N)c(N)n2)C(F)(F)C1. The van der Waals surface area contributed by atoms with Gasteiger partial charge < -0.3 is 26.1 Å². The number of aromatic nitrogens is 2. The predicted molar refractivity (Wildman–Crippen MR) is 93.7 cm³/mol. The second-order valence-corrected chi connectivity index (χ2v) is 7.21. The molecule has 4 N–H and O–H groups in total. The van der Waals surface area contributed by atoms with Crippen molar-refractivity contribution in [3.63, 3.8) is 0 Å². The molecule has 1 amide bonds. The number of halogens is 2. The molecule has 0 spiro atoms. The number of likely N-dealkylation sites (tertiary alicyclic amines) is 1. The van der Waals surface area contributed by atoms with Crippen LogP contribution in [0.2, 0.25) is 0 Å². The van der Waals surface area contributed by atoms with E-state index in [-0.39, 0.29) is 31.3 Å². The molecule has 26 heavy (non-hydrogen) atoms. The Labute approximate surface area is 150 Å². The monoisotopic (exact) mass is 370 g/mol. The second-order valence-electron chi connectivity index (χ2n) is 7.21. The molecule has 1 fully saturated rings. The molecule has 8 nitrogen and oxygen atoms in total. The zero-order valence-corrected chi connectivity index (χ0v) is 15.1. The quantitative estimate of drug-likeness (QED) is 0.701. The molecule has 0 saturated carbocycles. The molecule has 0 aromatic carbocycles. The van der Waals surface area contributed by atoms with Gasteiger partial charge in [-0.15, -0.1) is 0 Å². The smallest absolute Gasteiger partial charge is 0.410 e. The average molecular weight is 370 g/mol. The number of ether oxygens (including phenoxy) is 1. The first kappa shape index (κ1) is 19.8. The molecular formula is C16H24F2N6O2. The van der Waals surface area contributed by atoms with E-state index in [9.17, 15) is 13.6 Å². The van der Waals surface area contributed by atoms with Crippen molar-refractivity contribution in [2.24, 2.45) is 5.92 Å². The van der Waals surface area contributed by atoms with Crippen LogP contribution in [0, 0.1) is 11.3 Å². The minimum atomic E-state index is -3.07. The lowest BCUT2D eigenvalue weighted by Crippen LogP contribution is -2.53. The molecule has 0 aliphatic carbocycles. The maximum Gasteiger partial charge on any atom is 0.410 e. The van der Waals surface area contributed by atoms with Gasteiger partial charge in [-0.2, -0.15) is 4.98 Å². The third-order valence-corrected chi connectivity index (χ3v) is 3.91. The summed E-state index contributed by atoms with van der Waals surface area (Å²) in [6, 6.07) is 0. The average Bonchev–Trinajstić information content (AvgIpc) is 2.51. The molecule has 10 heteroatoms. The van der Waals surface area contributed by atoms with Crippen molar-refractivity contribution in [2.45, 2.75) is 38.7 Å². The second kappa shape index (κ2) is 7.38. The molecule has 0 radical (unpaired) electrons. The molecule has 1 aliphatic rings. The van der Waals surface area contributed by atoms with E-state index in [0.717, 1.165) is 11.1 Å². The molecule has 1 aromatic rings. The molecular weight excluding hydrogens is 346 g/mol. The summed E-state index contributed by atoms with van der Waals surface area (Å²) >= 11 is 0. The third kappa shape index (κ3) is 4.99. The molecule has 1 atom stereocenters. The normalized spacial score (nSPS) is 19.7. The van der Waals surface area contributed by atoms with Gasteiger partial charge >= 0.3 is 6.09 Å². The number of nitrogens with two attached hydrogens (primary N) is 1. The maximum absolute atomic E-state index is 14.4. The van der Waals surface area contributed by atoms with Crippen LogP contribution in [0.25, 0.3) is 0 Å². The Morgan fingerprint density at radius 2 is 2.27 bits per heavy atom. The van der Waals surface area contributed by atoms with Gasteiger partial charge in [0, 0.05) is 31.4 Å². The number of rotatable bonds is 4. The Kier molecular flexibility index (Phi) is 5.62. The van der Waals surface area contributed by atoms with Crippen LogP contribution in [0.15, 0.2) is 6.20 Å². The lowest BCUT2D eigenvalue weighted by Gasteiger charge is -2.38. The maximum atomic E-state index is 14.4. The van der Waals surface area contributed by atoms with Gasteiger partial charge in [-0.3, -0.25) is 0 Å². The number of hydrogen-bond acceptors (Lipinski definition) is 7. The summed E-state index contributed by atoms with van der Waals surface area (Å²) < 4.78 is 34.0. The number of amides is 1. The number of hydrogen-bond donors (Lipinski definition) is 3. The lowest BCUT2D eigenvalue weighted by atomic mass is 9.93. The molecule has 144 valence electrons. The fourth-order valence-electron chi connectivity index (χ4n) is 2.53. The predicted octanol–water partition coefficient (Wildman–Crippen LogP) is 2.36. The number of nitrogen functional groups attached to an aromatic ring is 1. The fraction of sp³-hybridized carbons (Fsp3) is 0.625. The Balaban J connectivity index is 1.95. The van der Waals surface area contributed by atoms with Crippen molar-refractivity contribution < 1.29 is 18.3 Å². The highest BCUT2D eigenvalue weighted by molar-refractivity contribution is 5.83. The van der Waals surface area contributed by atoms with Crippen LogP contribution in [0.1, 0.15) is 32.8 Å². The van der Waals surface area contributed by atoms with Crippen LogP contribution in [0.5, 0.6) is 0 Å². The van der Waals surface area contributed by atoms with Gasteiger partial charge in [0.1, 0.15) is 11.4 Å². The van der Waals surface area contributed by atoms with Crippen LogP contribution in [0.3, 0.4) is 0 Å². The van der Waals surface area contributed by atoms with Crippen LogP contribution in [-0.4, -0.2) is 58.3 Å². The summed E-state index contributed by atoms with van der Waals surface area (Å²) in [6.45, 7) is 4.51.